The maximum atomic E-state index is 11.9. The van der Waals surface area contributed by atoms with E-state index in [9.17, 15) is 14.7 Å². The van der Waals surface area contributed by atoms with Crippen molar-refractivity contribution < 1.29 is 14.7 Å². The molecule has 2 rings (SSSR count). The molecule has 1 heterocycles. The van der Waals surface area contributed by atoms with E-state index >= 15 is 0 Å². The van der Waals surface area contributed by atoms with Crippen molar-refractivity contribution in [3.05, 3.63) is 54.1 Å². The summed E-state index contributed by atoms with van der Waals surface area (Å²) in [6.45, 7) is 0. The molecule has 0 saturated heterocycles. The first-order valence-corrected chi connectivity index (χ1v) is 6.12. The molecule has 1 amide bonds. The zero-order chi connectivity index (χ0) is 14.5. The predicted octanol–water partition coefficient (Wildman–Crippen LogP) is 0.846. The number of nitrogens with zero attached hydrogens (tertiary/aromatic N) is 2. The number of imidazole rings is 1. The summed E-state index contributed by atoms with van der Waals surface area (Å²) in [5.74, 6) is -1.56. The van der Waals surface area contributed by atoms with E-state index in [4.69, 9.17) is 0 Å². The zero-order valence-corrected chi connectivity index (χ0v) is 11.0. The third kappa shape index (κ3) is 3.44. The molecular formula is C14H15N3O3. The van der Waals surface area contributed by atoms with Crippen molar-refractivity contribution in [1.82, 2.24) is 14.9 Å². The summed E-state index contributed by atoms with van der Waals surface area (Å²) in [5.41, 5.74) is 1.05. The summed E-state index contributed by atoms with van der Waals surface area (Å²) in [6, 6.07) is 8.17. The Bertz CT molecular complexity index is 607. The lowest BCUT2D eigenvalue weighted by Gasteiger charge is -2.13. The van der Waals surface area contributed by atoms with Gasteiger partial charge in [-0.1, -0.05) is 30.3 Å². The van der Waals surface area contributed by atoms with Gasteiger partial charge in [-0.3, -0.25) is 4.79 Å². The summed E-state index contributed by atoms with van der Waals surface area (Å²) in [5, 5.41) is 11.7. The molecule has 0 saturated carbocycles. The Balaban J connectivity index is 2.06. The van der Waals surface area contributed by atoms with Crippen molar-refractivity contribution in [2.75, 3.05) is 0 Å². The average molecular weight is 273 g/mol. The van der Waals surface area contributed by atoms with Crippen molar-refractivity contribution in [1.29, 1.82) is 0 Å². The largest absolute Gasteiger partial charge is 0.480 e. The van der Waals surface area contributed by atoms with Crippen LogP contribution in [0.1, 0.15) is 16.1 Å². The average Bonchev–Trinajstić information content (AvgIpc) is 2.86. The van der Waals surface area contributed by atoms with Crippen LogP contribution in [0.5, 0.6) is 0 Å². The summed E-state index contributed by atoms with van der Waals surface area (Å²) in [7, 11) is 1.74. The fourth-order valence-corrected chi connectivity index (χ4v) is 1.81. The molecule has 0 radical (unpaired) electrons. The van der Waals surface area contributed by atoms with Crippen LogP contribution in [0.3, 0.4) is 0 Å². The quantitative estimate of drug-likeness (QED) is 0.845. The highest BCUT2D eigenvalue weighted by molar-refractivity contribution is 5.94. The van der Waals surface area contributed by atoms with Crippen LogP contribution in [0.4, 0.5) is 0 Å². The molecule has 1 aromatic carbocycles. The Kier molecular flexibility index (Phi) is 4.14. The van der Waals surface area contributed by atoms with E-state index in [1.165, 1.54) is 12.5 Å². The van der Waals surface area contributed by atoms with Crippen molar-refractivity contribution >= 4 is 11.9 Å². The van der Waals surface area contributed by atoms with Crippen LogP contribution >= 0.6 is 0 Å². The number of aliphatic carboxylic acids is 1. The third-order valence-corrected chi connectivity index (χ3v) is 2.82. The van der Waals surface area contributed by atoms with Crippen molar-refractivity contribution in [3.8, 4) is 0 Å². The van der Waals surface area contributed by atoms with Gasteiger partial charge in [0, 0.05) is 19.7 Å². The predicted molar refractivity (Wildman–Crippen MR) is 72.2 cm³/mol. The number of aryl methyl sites for hydroxylation is 1. The number of rotatable bonds is 5. The van der Waals surface area contributed by atoms with E-state index < -0.39 is 17.9 Å². The molecule has 0 spiro atoms. The molecule has 1 atom stereocenters. The van der Waals surface area contributed by atoms with Gasteiger partial charge >= 0.3 is 5.97 Å². The molecule has 0 aliphatic rings. The summed E-state index contributed by atoms with van der Waals surface area (Å²) < 4.78 is 1.63. The van der Waals surface area contributed by atoms with E-state index in [1.807, 2.05) is 30.3 Å². The minimum absolute atomic E-state index is 0.201. The Hall–Kier alpha value is -2.63. The number of carbonyl (C=O) groups excluding carboxylic acids is 1. The summed E-state index contributed by atoms with van der Waals surface area (Å²) >= 11 is 0. The van der Waals surface area contributed by atoms with Crippen LogP contribution < -0.4 is 5.32 Å². The van der Waals surface area contributed by atoms with Gasteiger partial charge in [-0.2, -0.15) is 0 Å². The van der Waals surface area contributed by atoms with E-state index in [2.05, 4.69) is 10.3 Å². The van der Waals surface area contributed by atoms with Gasteiger partial charge in [-0.15, -0.1) is 0 Å². The molecule has 6 heteroatoms. The van der Waals surface area contributed by atoms with Gasteiger partial charge in [0.1, 0.15) is 11.7 Å². The number of carboxylic acid groups (broad SMARTS) is 1. The smallest absolute Gasteiger partial charge is 0.326 e. The first kappa shape index (κ1) is 13.8. The Morgan fingerprint density at radius 2 is 2.05 bits per heavy atom. The first-order chi connectivity index (χ1) is 9.56. The maximum absolute atomic E-state index is 11.9. The van der Waals surface area contributed by atoms with E-state index in [0.717, 1.165) is 5.56 Å². The lowest BCUT2D eigenvalue weighted by atomic mass is 10.1. The molecule has 0 unspecified atom stereocenters. The standard InChI is InChI=1S/C14H15N3O3/c1-17-8-12(15-9-17)13(18)16-11(14(19)20)7-10-5-3-2-4-6-10/h2-6,8-9,11H,7H2,1H3,(H,16,18)(H,19,20)/t11-/m1/s1. The highest BCUT2D eigenvalue weighted by atomic mass is 16.4. The normalized spacial score (nSPS) is 11.8. The number of nitrogens with one attached hydrogen (secondary N) is 1. The summed E-state index contributed by atoms with van der Waals surface area (Å²) in [4.78, 5) is 27.0. The van der Waals surface area contributed by atoms with E-state index in [0.29, 0.717) is 0 Å². The molecule has 104 valence electrons. The minimum atomic E-state index is -1.07. The molecule has 2 N–H and O–H groups in total. The van der Waals surface area contributed by atoms with Gasteiger partial charge in [0.05, 0.1) is 6.33 Å². The molecule has 0 aliphatic carbocycles. The Morgan fingerprint density at radius 3 is 2.60 bits per heavy atom. The monoisotopic (exact) mass is 273 g/mol. The first-order valence-electron chi connectivity index (χ1n) is 6.12. The number of hydrogen-bond acceptors (Lipinski definition) is 3. The number of benzene rings is 1. The molecule has 1 aromatic heterocycles. The zero-order valence-electron chi connectivity index (χ0n) is 11.0. The number of carboxylic acids is 1. The number of hydrogen-bond donors (Lipinski definition) is 2. The molecule has 6 nitrogen and oxygen atoms in total. The van der Waals surface area contributed by atoms with Crippen LogP contribution in [0, 0.1) is 0 Å². The minimum Gasteiger partial charge on any atom is -0.480 e. The second kappa shape index (κ2) is 6.01. The fraction of sp³-hybridized carbons (Fsp3) is 0.214. The van der Waals surface area contributed by atoms with Crippen molar-refractivity contribution in [3.63, 3.8) is 0 Å². The lowest BCUT2D eigenvalue weighted by molar-refractivity contribution is -0.139. The number of amides is 1. The summed E-state index contributed by atoms with van der Waals surface area (Å²) in [6.07, 6.45) is 3.26. The lowest BCUT2D eigenvalue weighted by Crippen LogP contribution is -2.42. The SMILES string of the molecule is Cn1cnc(C(=O)N[C@H](Cc2ccccc2)C(=O)O)c1. The van der Waals surface area contributed by atoms with E-state index in [-0.39, 0.29) is 12.1 Å². The highest BCUT2D eigenvalue weighted by Gasteiger charge is 2.21. The second-order valence-electron chi connectivity index (χ2n) is 4.48. The molecular weight excluding hydrogens is 258 g/mol. The fourth-order valence-electron chi connectivity index (χ4n) is 1.81. The molecule has 20 heavy (non-hydrogen) atoms. The Morgan fingerprint density at radius 1 is 1.35 bits per heavy atom. The van der Waals surface area contributed by atoms with Gasteiger partial charge in [0.2, 0.25) is 0 Å². The topological polar surface area (TPSA) is 84.2 Å². The Labute approximate surface area is 116 Å². The van der Waals surface area contributed by atoms with Gasteiger partial charge < -0.3 is 15.0 Å². The van der Waals surface area contributed by atoms with Gasteiger partial charge in [0.15, 0.2) is 0 Å². The highest BCUT2D eigenvalue weighted by Crippen LogP contribution is 2.04. The molecule has 0 fully saturated rings. The van der Waals surface area contributed by atoms with Gasteiger partial charge in [-0.05, 0) is 5.56 Å². The van der Waals surface area contributed by atoms with Crippen LogP contribution in [-0.2, 0) is 18.3 Å². The van der Waals surface area contributed by atoms with Crippen LogP contribution in [0.15, 0.2) is 42.9 Å². The van der Waals surface area contributed by atoms with Gasteiger partial charge in [-0.25, -0.2) is 9.78 Å². The van der Waals surface area contributed by atoms with Crippen molar-refractivity contribution in [2.24, 2.45) is 7.05 Å². The number of aromatic nitrogens is 2. The maximum Gasteiger partial charge on any atom is 0.326 e. The van der Waals surface area contributed by atoms with Crippen LogP contribution in [0.2, 0.25) is 0 Å². The second-order valence-corrected chi connectivity index (χ2v) is 4.48. The molecule has 0 bridgehead atoms. The third-order valence-electron chi connectivity index (χ3n) is 2.82. The number of carbonyl (C=O) groups is 2. The van der Waals surface area contributed by atoms with Crippen molar-refractivity contribution in [2.45, 2.75) is 12.5 Å². The van der Waals surface area contributed by atoms with Gasteiger partial charge in [0.25, 0.3) is 5.91 Å². The molecule has 2 aromatic rings. The van der Waals surface area contributed by atoms with Crippen LogP contribution in [-0.4, -0.2) is 32.6 Å². The van der Waals surface area contributed by atoms with E-state index in [1.54, 1.807) is 11.6 Å². The van der Waals surface area contributed by atoms with Crippen LogP contribution in [0.25, 0.3) is 0 Å². The molecule has 0 aliphatic heterocycles.